The number of nitrogens with zero attached hydrogens (tertiary/aromatic N) is 2. The summed E-state index contributed by atoms with van der Waals surface area (Å²) in [6.07, 6.45) is -6.23. The predicted molar refractivity (Wildman–Crippen MR) is 129 cm³/mol. The Labute approximate surface area is 224 Å². The second kappa shape index (κ2) is 10.7. The monoisotopic (exact) mass is 565 g/mol. The molecular weight excluding hydrogens is 543 g/mol. The van der Waals surface area contributed by atoms with E-state index < -0.39 is 65.4 Å². The molecule has 2 amide bonds. The van der Waals surface area contributed by atoms with Crippen LogP contribution >= 0.6 is 0 Å². The first-order chi connectivity index (χ1) is 18.8. The van der Waals surface area contributed by atoms with Gasteiger partial charge in [0, 0.05) is 12.8 Å². The third kappa shape index (κ3) is 5.83. The number of hydrogen-bond acceptors (Lipinski definition) is 3. The third-order valence-electron chi connectivity index (χ3n) is 6.67. The number of ether oxygens (including phenoxy) is 1. The van der Waals surface area contributed by atoms with Gasteiger partial charge in [0.05, 0.1) is 30.8 Å². The second-order valence-electron chi connectivity index (χ2n) is 9.41. The summed E-state index contributed by atoms with van der Waals surface area (Å²) in [4.78, 5) is 14.1. The molecule has 1 saturated heterocycles. The molecule has 0 bridgehead atoms. The Kier molecular flexibility index (Phi) is 7.70. The lowest BCUT2D eigenvalue weighted by molar-refractivity contribution is -0.137. The molecule has 0 spiro atoms. The van der Waals surface area contributed by atoms with Gasteiger partial charge in [-0.15, -0.1) is 0 Å². The molecule has 1 N–H and O–H groups in total. The zero-order valence-electron chi connectivity index (χ0n) is 20.9. The predicted octanol–water partition coefficient (Wildman–Crippen LogP) is 6.42. The van der Waals surface area contributed by atoms with Gasteiger partial charge in [0.25, 0.3) is 5.92 Å². The molecule has 0 unspecified atom stereocenters. The van der Waals surface area contributed by atoms with E-state index in [1.807, 2.05) is 0 Å². The molecule has 3 aromatic rings. The third-order valence-corrected chi connectivity index (χ3v) is 6.67. The van der Waals surface area contributed by atoms with Crippen LogP contribution in [0.1, 0.15) is 28.7 Å². The molecule has 40 heavy (non-hydrogen) atoms. The number of amides is 2. The minimum atomic E-state index is -4.98. The van der Waals surface area contributed by atoms with Crippen molar-refractivity contribution < 1.29 is 40.3 Å². The van der Waals surface area contributed by atoms with Crippen molar-refractivity contribution in [3.8, 4) is 11.8 Å². The Morgan fingerprint density at radius 3 is 2.35 bits per heavy atom. The van der Waals surface area contributed by atoms with E-state index in [1.165, 1.54) is 6.07 Å². The van der Waals surface area contributed by atoms with Gasteiger partial charge in [0.1, 0.15) is 11.9 Å². The maximum atomic E-state index is 14.8. The second-order valence-corrected chi connectivity index (χ2v) is 9.41. The molecule has 1 aliphatic rings. The molecule has 2 atom stereocenters. The summed E-state index contributed by atoms with van der Waals surface area (Å²) in [6, 6.07) is 11.9. The van der Waals surface area contributed by atoms with E-state index in [4.69, 9.17) is 4.74 Å². The molecule has 4 rings (SSSR count). The van der Waals surface area contributed by atoms with Gasteiger partial charge in [-0.1, -0.05) is 36.4 Å². The molecule has 12 heteroatoms. The lowest BCUT2D eigenvalue weighted by Crippen LogP contribution is -2.54. The van der Waals surface area contributed by atoms with Crippen molar-refractivity contribution in [3.05, 3.63) is 101 Å². The first-order valence-electron chi connectivity index (χ1n) is 11.9. The number of nitrogens with one attached hydrogen (secondary N) is 1. The van der Waals surface area contributed by atoms with Crippen LogP contribution in [-0.4, -0.2) is 36.5 Å². The summed E-state index contributed by atoms with van der Waals surface area (Å²) in [7, 11) is 1.15. The van der Waals surface area contributed by atoms with Gasteiger partial charge in [-0.25, -0.2) is 22.4 Å². The summed E-state index contributed by atoms with van der Waals surface area (Å²) in [5.74, 6) is -5.83. The number of nitriles is 1. The molecule has 3 aromatic carbocycles. The van der Waals surface area contributed by atoms with Crippen molar-refractivity contribution in [1.82, 2.24) is 10.2 Å². The summed E-state index contributed by atoms with van der Waals surface area (Å²) >= 11 is 0. The van der Waals surface area contributed by atoms with Crippen LogP contribution in [0.3, 0.4) is 0 Å². The van der Waals surface area contributed by atoms with Crippen molar-refractivity contribution >= 4 is 6.03 Å². The average Bonchev–Trinajstić information content (AvgIpc) is 3.23. The largest absolute Gasteiger partial charge is 0.494 e. The van der Waals surface area contributed by atoms with Crippen LogP contribution in [0.25, 0.3) is 0 Å². The lowest BCUT2D eigenvalue weighted by atomic mass is 9.77. The number of carbonyl (C=O) groups is 1. The van der Waals surface area contributed by atoms with Crippen molar-refractivity contribution in [1.29, 1.82) is 5.26 Å². The molecular formula is C28H22F7N3O2. The van der Waals surface area contributed by atoms with Crippen LogP contribution in [0.5, 0.6) is 5.75 Å². The van der Waals surface area contributed by atoms with Crippen LogP contribution < -0.4 is 10.1 Å². The Morgan fingerprint density at radius 2 is 1.73 bits per heavy atom. The quantitative estimate of drug-likeness (QED) is 0.351. The van der Waals surface area contributed by atoms with Gasteiger partial charge < -0.3 is 15.0 Å². The molecule has 5 nitrogen and oxygen atoms in total. The van der Waals surface area contributed by atoms with Crippen LogP contribution in [0, 0.1) is 23.0 Å². The zero-order valence-corrected chi connectivity index (χ0v) is 20.9. The fourth-order valence-corrected chi connectivity index (χ4v) is 4.79. The number of likely N-dealkylation sites (tertiary alicyclic amines) is 1. The van der Waals surface area contributed by atoms with E-state index in [9.17, 15) is 40.8 Å². The van der Waals surface area contributed by atoms with Gasteiger partial charge in [-0.3, -0.25) is 0 Å². The highest BCUT2D eigenvalue weighted by Crippen LogP contribution is 2.40. The molecule has 1 aliphatic heterocycles. The number of methoxy groups -OCH3 is 1. The maximum absolute atomic E-state index is 14.8. The zero-order chi connectivity index (χ0) is 29.3. The fourth-order valence-electron chi connectivity index (χ4n) is 4.79. The molecule has 0 aromatic heterocycles. The summed E-state index contributed by atoms with van der Waals surface area (Å²) in [6.45, 7) is -1.12. The number of benzene rings is 3. The van der Waals surface area contributed by atoms with E-state index >= 15 is 0 Å². The molecule has 0 aliphatic carbocycles. The minimum Gasteiger partial charge on any atom is -0.494 e. The Morgan fingerprint density at radius 1 is 1.05 bits per heavy atom. The average molecular weight is 565 g/mol. The van der Waals surface area contributed by atoms with Crippen LogP contribution in [0.4, 0.5) is 35.5 Å². The topological polar surface area (TPSA) is 65.4 Å². The Balaban J connectivity index is 1.99. The maximum Gasteiger partial charge on any atom is 0.416 e. The van der Waals surface area contributed by atoms with Crippen molar-refractivity contribution in [2.75, 3.05) is 13.7 Å². The first kappa shape index (κ1) is 28.7. The molecule has 1 fully saturated rings. The lowest BCUT2D eigenvalue weighted by Gasteiger charge is -2.38. The van der Waals surface area contributed by atoms with Crippen LogP contribution in [-0.2, 0) is 18.1 Å². The Bertz CT molecular complexity index is 1440. The van der Waals surface area contributed by atoms with E-state index in [0.29, 0.717) is 16.5 Å². The van der Waals surface area contributed by atoms with E-state index in [-0.39, 0.29) is 23.8 Å². The van der Waals surface area contributed by atoms with Gasteiger partial charge in [0.2, 0.25) is 0 Å². The van der Waals surface area contributed by atoms with Gasteiger partial charge in [-0.2, -0.15) is 18.4 Å². The number of rotatable bonds is 6. The molecule has 1 heterocycles. The van der Waals surface area contributed by atoms with Crippen LogP contribution in [0.15, 0.2) is 66.7 Å². The van der Waals surface area contributed by atoms with Crippen molar-refractivity contribution in [2.45, 2.75) is 36.5 Å². The van der Waals surface area contributed by atoms with Gasteiger partial charge >= 0.3 is 12.2 Å². The van der Waals surface area contributed by atoms with E-state index in [0.717, 1.165) is 25.3 Å². The fraction of sp³-hybridized carbons (Fsp3) is 0.286. The summed E-state index contributed by atoms with van der Waals surface area (Å²) in [5.41, 5.74) is -3.41. The SMILES string of the molecule is COc1cc([C@@](Cc2ccccc2)(NC(=O)N2CC(F)(F)C[C@@H]2C#N)c2cc(F)cc(C(F)(F)F)c2)ccc1F. The highest BCUT2D eigenvalue weighted by Gasteiger charge is 2.49. The summed E-state index contributed by atoms with van der Waals surface area (Å²) in [5, 5.41) is 11.9. The molecule has 0 saturated carbocycles. The highest BCUT2D eigenvalue weighted by atomic mass is 19.4. The normalized spacial score (nSPS) is 18.1. The van der Waals surface area contributed by atoms with E-state index in [1.54, 1.807) is 36.4 Å². The number of alkyl halides is 5. The summed E-state index contributed by atoms with van der Waals surface area (Å²) < 4.78 is 104. The number of hydrogen-bond donors (Lipinski definition) is 1. The van der Waals surface area contributed by atoms with Crippen molar-refractivity contribution in [2.24, 2.45) is 0 Å². The molecule has 210 valence electrons. The smallest absolute Gasteiger partial charge is 0.416 e. The number of halogens is 7. The Hall–Kier alpha value is -4.27. The first-order valence-corrected chi connectivity index (χ1v) is 11.9. The molecule has 0 radical (unpaired) electrons. The number of carbonyl (C=O) groups excluding carboxylic acids is 1. The van der Waals surface area contributed by atoms with Crippen LogP contribution in [0.2, 0.25) is 0 Å². The van der Waals surface area contributed by atoms with Gasteiger partial charge in [-0.05, 0) is 47.0 Å². The standard InChI is InChI=1S/C28H22F7N3O2/c1-40-24-12-18(7-8-23(24)30)27(13-17-5-3-2-4-6-17,19-9-20(28(33,34)35)11-21(29)10-19)37-25(39)38-16-26(31,32)14-22(38)15-36/h2-12,22H,13-14,16H2,1H3,(H,37,39)/t22-,27-/m1/s1. The highest BCUT2D eigenvalue weighted by molar-refractivity contribution is 5.78. The number of urea groups is 1. The van der Waals surface area contributed by atoms with Crippen molar-refractivity contribution in [3.63, 3.8) is 0 Å². The van der Waals surface area contributed by atoms with Gasteiger partial charge in [0.15, 0.2) is 11.6 Å². The minimum absolute atomic E-state index is 0.0267. The van der Waals surface area contributed by atoms with E-state index in [2.05, 4.69) is 5.32 Å².